The minimum Gasteiger partial charge on any atom is -0.492 e. The number of halogens is 1. The second-order valence-electron chi connectivity index (χ2n) is 5.59. The van der Waals surface area contributed by atoms with Gasteiger partial charge in [-0.3, -0.25) is 4.98 Å². The van der Waals surface area contributed by atoms with Gasteiger partial charge in [0.25, 0.3) is 0 Å². The van der Waals surface area contributed by atoms with Gasteiger partial charge in [-0.25, -0.2) is 4.79 Å². The van der Waals surface area contributed by atoms with Gasteiger partial charge in [-0.05, 0) is 50.2 Å². The van der Waals surface area contributed by atoms with Gasteiger partial charge in [0.1, 0.15) is 5.75 Å². The molecule has 1 heterocycles. The fourth-order valence-electron chi connectivity index (χ4n) is 2.70. The molecule has 5 nitrogen and oxygen atoms in total. The van der Waals surface area contributed by atoms with Crippen LogP contribution in [-0.2, 0) is 4.74 Å². The third kappa shape index (κ3) is 4.06. The number of aryl methyl sites for hydroxylation is 1. The fourth-order valence-corrected chi connectivity index (χ4v) is 2.70. The molecule has 1 N–H and O–H groups in total. The maximum absolute atomic E-state index is 11.8. The van der Waals surface area contributed by atoms with Gasteiger partial charge in [-0.15, -0.1) is 12.4 Å². The molecule has 3 aromatic rings. The molecule has 0 amide bonds. The number of aromatic nitrogens is 1. The Labute approximate surface area is 158 Å². The first-order chi connectivity index (χ1) is 12.1. The number of hydrogen-bond acceptors (Lipinski definition) is 5. The summed E-state index contributed by atoms with van der Waals surface area (Å²) in [6.07, 6.45) is 0. The molecule has 0 radical (unpaired) electrons. The zero-order valence-corrected chi connectivity index (χ0v) is 15.7. The molecule has 2 aromatic carbocycles. The fraction of sp³-hybridized carbons (Fsp3) is 0.200. The van der Waals surface area contributed by atoms with Crippen LogP contribution in [0.2, 0.25) is 0 Å². The lowest BCUT2D eigenvalue weighted by Crippen LogP contribution is -2.02. The number of fused-ring (bicyclic) bond motifs is 1. The van der Waals surface area contributed by atoms with Crippen molar-refractivity contribution in [3.63, 3.8) is 0 Å². The molecule has 0 aliphatic carbocycles. The van der Waals surface area contributed by atoms with Crippen molar-refractivity contribution in [1.82, 2.24) is 4.98 Å². The van der Waals surface area contributed by atoms with Gasteiger partial charge in [-0.1, -0.05) is 12.1 Å². The predicted octanol–water partition coefficient (Wildman–Crippen LogP) is 4.89. The highest BCUT2D eigenvalue weighted by molar-refractivity contribution is 6.00. The van der Waals surface area contributed by atoms with E-state index in [1.54, 1.807) is 12.1 Å². The average Bonchev–Trinajstić information content (AvgIpc) is 2.62. The Bertz CT molecular complexity index is 928. The lowest BCUT2D eigenvalue weighted by molar-refractivity contribution is 0.0601. The second-order valence-corrected chi connectivity index (χ2v) is 5.59. The number of hydrogen-bond donors (Lipinski definition) is 1. The maximum Gasteiger partial charge on any atom is 0.337 e. The van der Waals surface area contributed by atoms with Crippen LogP contribution in [0.3, 0.4) is 0 Å². The molecule has 0 atom stereocenters. The van der Waals surface area contributed by atoms with Gasteiger partial charge in [-0.2, -0.15) is 0 Å². The summed E-state index contributed by atoms with van der Waals surface area (Å²) in [4.78, 5) is 16.4. The van der Waals surface area contributed by atoms with Crippen LogP contribution in [-0.4, -0.2) is 24.7 Å². The normalized spacial score (nSPS) is 10.1. The Hall–Kier alpha value is -2.79. The van der Waals surface area contributed by atoms with Gasteiger partial charge in [0.15, 0.2) is 0 Å². The van der Waals surface area contributed by atoms with Crippen LogP contribution in [0.1, 0.15) is 23.0 Å². The zero-order chi connectivity index (χ0) is 17.8. The molecule has 136 valence electrons. The maximum atomic E-state index is 11.8. The molecule has 0 aliphatic heterocycles. The van der Waals surface area contributed by atoms with Gasteiger partial charge in [0.2, 0.25) is 0 Å². The Kier molecular flexibility index (Phi) is 6.41. The van der Waals surface area contributed by atoms with E-state index in [2.05, 4.69) is 10.3 Å². The van der Waals surface area contributed by atoms with E-state index >= 15 is 0 Å². The van der Waals surface area contributed by atoms with Crippen molar-refractivity contribution in [2.45, 2.75) is 13.8 Å². The van der Waals surface area contributed by atoms with Crippen molar-refractivity contribution in [2.75, 3.05) is 19.0 Å². The Morgan fingerprint density at radius 1 is 1.12 bits per heavy atom. The van der Waals surface area contributed by atoms with Crippen LogP contribution in [0.15, 0.2) is 48.5 Å². The molecule has 3 rings (SSSR count). The molecular formula is C20H21ClN2O3. The molecule has 26 heavy (non-hydrogen) atoms. The highest BCUT2D eigenvalue weighted by Gasteiger charge is 2.11. The average molecular weight is 373 g/mol. The number of anilines is 2. The molecular weight excluding hydrogens is 352 g/mol. The standard InChI is InChI=1S/C20H20N2O3.ClH/c1-4-25-19-8-6-5-7-17(19)22-18-11-13(2)21-16-10-9-14(12-15(16)18)20(23)24-3;/h5-12H,4H2,1-3H3,(H,21,22);1H. The lowest BCUT2D eigenvalue weighted by Gasteiger charge is -2.15. The van der Waals surface area contributed by atoms with Crippen LogP contribution in [0, 0.1) is 6.92 Å². The van der Waals surface area contributed by atoms with Crippen molar-refractivity contribution in [2.24, 2.45) is 0 Å². The van der Waals surface area contributed by atoms with Gasteiger partial charge in [0.05, 0.1) is 30.5 Å². The van der Waals surface area contributed by atoms with E-state index in [-0.39, 0.29) is 18.4 Å². The topological polar surface area (TPSA) is 60.5 Å². The van der Waals surface area contributed by atoms with Crippen LogP contribution in [0.25, 0.3) is 10.9 Å². The molecule has 0 saturated carbocycles. The summed E-state index contributed by atoms with van der Waals surface area (Å²) in [7, 11) is 1.37. The Morgan fingerprint density at radius 3 is 2.62 bits per heavy atom. The van der Waals surface area contributed by atoms with Crippen molar-refractivity contribution in [3.8, 4) is 5.75 Å². The summed E-state index contributed by atoms with van der Waals surface area (Å²) in [6, 6.07) is 15.0. The zero-order valence-electron chi connectivity index (χ0n) is 14.9. The van der Waals surface area contributed by atoms with Gasteiger partial charge in [0, 0.05) is 16.8 Å². The monoisotopic (exact) mass is 372 g/mol. The number of carbonyl (C=O) groups excluding carboxylic acids is 1. The third-order valence-corrected chi connectivity index (χ3v) is 3.81. The van der Waals surface area contributed by atoms with Crippen molar-refractivity contribution in [1.29, 1.82) is 0 Å². The minimum atomic E-state index is -0.372. The van der Waals surface area contributed by atoms with Crippen molar-refractivity contribution < 1.29 is 14.3 Å². The largest absolute Gasteiger partial charge is 0.492 e. The number of carbonyl (C=O) groups is 1. The quantitative estimate of drug-likeness (QED) is 0.646. The van der Waals surface area contributed by atoms with Crippen LogP contribution in [0.5, 0.6) is 5.75 Å². The number of para-hydroxylation sites is 2. The van der Waals surface area contributed by atoms with Crippen molar-refractivity contribution in [3.05, 3.63) is 59.8 Å². The molecule has 1 aromatic heterocycles. The van der Waals surface area contributed by atoms with E-state index in [9.17, 15) is 4.79 Å². The Morgan fingerprint density at radius 2 is 1.88 bits per heavy atom. The summed E-state index contributed by atoms with van der Waals surface area (Å²) in [6.45, 7) is 4.47. The summed E-state index contributed by atoms with van der Waals surface area (Å²) in [5.74, 6) is 0.403. The summed E-state index contributed by atoms with van der Waals surface area (Å²) in [5.41, 5.74) is 3.90. The number of benzene rings is 2. The first kappa shape index (κ1) is 19.5. The second kappa shape index (κ2) is 8.54. The van der Waals surface area contributed by atoms with E-state index in [1.165, 1.54) is 7.11 Å². The summed E-state index contributed by atoms with van der Waals surface area (Å²) in [5, 5.41) is 4.26. The number of ether oxygens (including phenoxy) is 2. The number of methoxy groups -OCH3 is 1. The van der Waals surface area contributed by atoms with Gasteiger partial charge >= 0.3 is 5.97 Å². The minimum absolute atomic E-state index is 0. The van der Waals surface area contributed by atoms with Crippen molar-refractivity contribution >= 4 is 40.7 Å². The van der Waals surface area contributed by atoms with E-state index in [1.807, 2.05) is 50.2 Å². The first-order valence-electron chi connectivity index (χ1n) is 8.11. The summed E-state index contributed by atoms with van der Waals surface area (Å²) >= 11 is 0. The number of nitrogens with zero attached hydrogens (tertiary/aromatic N) is 1. The summed E-state index contributed by atoms with van der Waals surface area (Å²) < 4.78 is 10.5. The smallest absolute Gasteiger partial charge is 0.337 e. The number of esters is 1. The van der Waals surface area contributed by atoms with E-state index in [4.69, 9.17) is 9.47 Å². The molecule has 0 fully saturated rings. The first-order valence-corrected chi connectivity index (χ1v) is 8.11. The number of rotatable bonds is 5. The molecule has 6 heteroatoms. The van der Waals surface area contributed by atoms with Crippen LogP contribution >= 0.6 is 12.4 Å². The highest BCUT2D eigenvalue weighted by atomic mass is 35.5. The number of nitrogens with one attached hydrogen (secondary N) is 1. The molecule has 0 unspecified atom stereocenters. The molecule has 0 spiro atoms. The van der Waals surface area contributed by atoms with E-state index in [0.717, 1.165) is 33.7 Å². The Balaban J connectivity index is 0.00000243. The van der Waals surface area contributed by atoms with Crippen LogP contribution < -0.4 is 10.1 Å². The third-order valence-electron chi connectivity index (χ3n) is 3.81. The number of pyridine rings is 1. The molecule has 0 aliphatic rings. The van der Waals surface area contributed by atoms with Gasteiger partial charge < -0.3 is 14.8 Å². The predicted molar refractivity (Wildman–Crippen MR) is 106 cm³/mol. The molecule has 0 bridgehead atoms. The SMILES string of the molecule is CCOc1ccccc1Nc1cc(C)nc2ccc(C(=O)OC)cc12.Cl. The molecule has 0 saturated heterocycles. The van der Waals surface area contributed by atoms with E-state index in [0.29, 0.717) is 12.2 Å². The lowest BCUT2D eigenvalue weighted by atomic mass is 10.1. The van der Waals surface area contributed by atoms with Crippen LogP contribution in [0.4, 0.5) is 11.4 Å². The highest BCUT2D eigenvalue weighted by Crippen LogP contribution is 2.32. The van der Waals surface area contributed by atoms with E-state index < -0.39 is 0 Å².